The number of rotatable bonds is 5. The van der Waals surface area contributed by atoms with Gasteiger partial charge in [-0.05, 0) is 41.5 Å². The summed E-state index contributed by atoms with van der Waals surface area (Å²) in [6.45, 7) is 0. The number of aromatic nitrogens is 4. The molecule has 2 aromatic heterocycles. The lowest BCUT2D eigenvalue weighted by Crippen LogP contribution is -2.11. The van der Waals surface area contributed by atoms with Crippen LogP contribution in [0.2, 0.25) is 0 Å². The van der Waals surface area contributed by atoms with E-state index in [9.17, 15) is 9.59 Å². The molecule has 2 heterocycles. The van der Waals surface area contributed by atoms with Crippen LogP contribution in [0.4, 0.5) is 10.7 Å². The van der Waals surface area contributed by atoms with E-state index < -0.39 is 6.09 Å². The van der Waals surface area contributed by atoms with Crippen molar-refractivity contribution < 1.29 is 14.6 Å². The number of nitrogens with one attached hydrogen (secondary N) is 3. The van der Waals surface area contributed by atoms with Gasteiger partial charge in [-0.25, -0.2) is 14.9 Å². The second kappa shape index (κ2) is 8.12. The first-order chi connectivity index (χ1) is 16.0. The van der Waals surface area contributed by atoms with Crippen LogP contribution in [0, 0.1) is 0 Å². The topological polar surface area (TPSA) is 133 Å². The number of fused-ring (bicyclic) bond motifs is 2. The maximum absolute atomic E-state index is 12.1. The first-order valence-electron chi connectivity index (χ1n) is 10.1. The highest BCUT2D eigenvalue weighted by atomic mass is 16.5. The van der Waals surface area contributed by atoms with Crippen molar-refractivity contribution in [1.82, 2.24) is 20.2 Å². The lowest BCUT2D eigenvalue weighted by Gasteiger charge is -2.12. The van der Waals surface area contributed by atoms with E-state index in [0.29, 0.717) is 28.6 Å². The van der Waals surface area contributed by atoms with Crippen molar-refractivity contribution in [3.05, 3.63) is 82.3 Å². The number of imidazole rings is 1. The maximum atomic E-state index is 12.1. The van der Waals surface area contributed by atoms with Crippen LogP contribution in [0.5, 0.6) is 5.75 Å². The molecule has 164 valence electrons. The minimum Gasteiger partial charge on any atom is -0.496 e. The van der Waals surface area contributed by atoms with Crippen LogP contribution in [-0.2, 0) is 6.42 Å². The smallest absolute Gasteiger partial charge is 0.411 e. The van der Waals surface area contributed by atoms with E-state index in [1.807, 2.05) is 54.6 Å². The minimum absolute atomic E-state index is 0.159. The summed E-state index contributed by atoms with van der Waals surface area (Å²) < 4.78 is 5.58. The first kappa shape index (κ1) is 20.3. The molecule has 3 aromatic carbocycles. The average molecular weight is 441 g/mol. The fraction of sp³-hybridized carbons (Fsp3) is 0.0833. The van der Waals surface area contributed by atoms with Gasteiger partial charge in [0.05, 0.1) is 29.2 Å². The number of nitrogens with zero attached hydrogens (tertiary/aromatic N) is 2. The third kappa shape index (κ3) is 3.87. The van der Waals surface area contributed by atoms with Crippen molar-refractivity contribution in [2.75, 3.05) is 12.4 Å². The maximum Gasteiger partial charge on any atom is 0.411 e. The number of benzene rings is 3. The number of carbonyl (C=O) groups is 1. The number of hydrogen-bond donors (Lipinski definition) is 4. The van der Waals surface area contributed by atoms with E-state index in [2.05, 4.69) is 25.5 Å². The summed E-state index contributed by atoms with van der Waals surface area (Å²) in [4.78, 5) is 30.2. The Bertz CT molecular complexity index is 1570. The van der Waals surface area contributed by atoms with Crippen molar-refractivity contribution in [3.63, 3.8) is 0 Å². The van der Waals surface area contributed by atoms with Gasteiger partial charge in [0, 0.05) is 17.4 Å². The number of aromatic amines is 2. The highest BCUT2D eigenvalue weighted by Gasteiger charge is 2.13. The van der Waals surface area contributed by atoms with Crippen LogP contribution in [-0.4, -0.2) is 38.5 Å². The zero-order valence-corrected chi connectivity index (χ0v) is 17.5. The molecule has 0 aliphatic rings. The summed E-state index contributed by atoms with van der Waals surface area (Å²) >= 11 is 0. The third-order valence-electron chi connectivity index (χ3n) is 5.43. The summed E-state index contributed by atoms with van der Waals surface area (Å²) in [5, 5.41) is 19.4. The van der Waals surface area contributed by atoms with Crippen LogP contribution in [0.1, 0.15) is 11.3 Å². The van der Waals surface area contributed by atoms with Gasteiger partial charge in [0.1, 0.15) is 5.75 Å². The van der Waals surface area contributed by atoms with Crippen molar-refractivity contribution in [2.24, 2.45) is 0 Å². The Morgan fingerprint density at radius 3 is 2.70 bits per heavy atom. The number of methoxy groups -OCH3 is 1. The van der Waals surface area contributed by atoms with Crippen LogP contribution in [0.3, 0.4) is 0 Å². The number of hydrogen-bond acceptors (Lipinski definition) is 5. The summed E-state index contributed by atoms with van der Waals surface area (Å²) in [5.41, 5.74) is 4.63. The van der Waals surface area contributed by atoms with Crippen molar-refractivity contribution in [3.8, 4) is 16.9 Å². The summed E-state index contributed by atoms with van der Waals surface area (Å²) in [6.07, 6.45) is -0.667. The third-order valence-corrected chi connectivity index (χ3v) is 5.43. The SMILES string of the molecule is COc1ccc(Cc2n[nH]c(=O)c3ccccc23)cc1-c1ccc2nc(NC(=O)O)[nH]c2c1. The van der Waals surface area contributed by atoms with Gasteiger partial charge >= 0.3 is 6.09 Å². The van der Waals surface area contributed by atoms with Gasteiger partial charge < -0.3 is 14.8 Å². The number of amides is 1. The predicted molar refractivity (Wildman–Crippen MR) is 125 cm³/mol. The molecule has 0 saturated carbocycles. The molecule has 1 amide bonds. The Kier molecular flexibility index (Phi) is 4.98. The number of ether oxygens (including phenoxy) is 1. The van der Waals surface area contributed by atoms with Crippen LogP contribution in [0.15, 0.2) is 65.5 Å². The minimum atomic E-state index is -1.19. The van der Waals surface area contributed by atoms with Gasteiger partial charge in [0.15, 0.2) is 0 Å². The van der Waals surface area contributed by atoms with E-state index >= 15 is 0 Å². The molecule has 0 bridgehead atoms. The lowest BCUT2D eigenvalue weighted by molar-refractivity contribution is 0.209. The molecular weight excluding hydrogens is 422 g/mol. The molecule has 0 atom stereocenters. The van der Waals surface area contributed by atoms with E-state index in [0.717, 1.165) is 27.8 Å². The Labute approximate surface area is 187 Å². The van der Waals surface area contributed by atoms with Gasteiger partial charge in [-0.15, -0.1) is 0 Å². The highest BCUT2D eigenvalue weighted by Crippen LogP contribution is 2.33. The van der Waals surface area contributed by atoms with Gasteiger partial charge in [-0.1, -0.05) is 30.3 Å². The molecular formula is C24H19N5O4. The fourth-order valence-corrected chi connectivity index (χ4v) is 3.93. The monoisotopic (exact) mass is 441 g/mol. The second-order valence-corrected chi connectivity index (χ2v) is 7.50. The normalized spacial score (nSPS) is 11.1. The molecule has 9 heteroatoms. The number of anilines is 1. The second-order valence-electron chi connectivity index (χ2n) is 7.50. The molecule has 0 fully saturated rings. The summed E-state index contributed by atoms with van der Waals surface area (Å²) in [5.74, 6) is 0.854. The molecule has 0 saturated heterocycles. The van der Waals surface area contributed by atoms with Gasteiger partial charge in [-0.3, -0.25) is 10.1 Å². The first-order valence-corrected chi connectivity index (χ1v) is 10.1. The predicted octanol–water partition coefficient (Wildman–Crippen LogP) is 4.16. The van der Waals surface area contributed by atoms with Crippen molar-refractivity contribution >= 4 is 33.8 Å². The van der Waals surface area contributed by atoms with Crippen LogP contribution in [0.25, 0.3) is 32.9 Å². The quantitative estimate of drug-likeness (QED) is 0.324. The molecule has 0 radical (unpaired) electrons. The largest absolute Gasteiger partial charge is 0.496 e. The Balaban J connectivity index is 1.55. The van der Waals surface area contributed by atoms with E-state index in [1.54, 1.807) is 13.2 Å². The Morgan fingerprint density at radius 1 is 1.09 bits per heavy atom. The lowest BCUT2D eigenvalue weighted by atomic mass is 9.98. The standard InChI is InChI=1S/C24H19N5O4/c1-33-21-9-6-13(11-19-15-4-2-3-5-16(15)22(30)29-28-19)10-17(21)14-7-8-18-20(12-14)26-23(25-18)27-24(31)32/h2-10,12H,11H2,1H3,(H,29,30)(H,31,32)(H2,25,26,27). The van der Waals surface area contributed by atoms with Crippen molar-refractivity contribution in [2.45, 2.75) is 6.42 Å². The molecule has 0 aliphatic heterocycles. The zero-order chi connectivity index (χ0) is 22.9. The molecule has 5 rings (SSSR count). The van der Waals surface area contributed by atoms with Crippen LogP contribution >= 0.6 is 0 Å². The van der Waals surface area contributed by atoms with Gasteiger partial charge in [0.25, 0.3) is 5.56 Å². The Morgan fingerprint density at radius 2 is 1.91 bits per heavy atom. The number of H-pyrrole nitrogens is 2. The zero-order valence-electron chi connectivity index (χ0n) is 17.5. The van der Waals surface area contributed by atoms with E-state index in [4.69, 9.17) is 9.84 Å². The molecule has 0 aliphatic carbocycles. The molecule has 0 unspecified atom stereocenters. The molecule has 0 spiro atoms. The van der Waals surface area contributed by atoms with Crippen molar-refractivity contribution in [1.29, 1.82) is 0 Å². The van der Waals surface area contributed by atoms with E-state index in [-0.39, 0.29) is 11.5 Å². The van der Waals surface area contributed by atoms with Gasteiger partial charge in [0.2, 0.25) is 5.95 Å². The Hall–Kier alpha value is -4.66. The molecule has 5 aromatic rings. The highest BCUT2D eigenvalue weighted by molar-refractivity contribution is 5.88. The van der Waals surface area contributed by atoms with Gasteiger partial charge in [-0.2, -0.15) is 5.10 Å². The molecule has 4 N–H and O–H groups in total. The van der Waals surface area contributed by atoms with E-state index in [1.165, 1.54) is 0 Å². The van der Waals surface area contributed by atoms with Crippen LogP contribution < -0.4 is 15.6 Å². The summed E-state index contributed by atoms with van der Waals surface area (Å²) in [6, 6.07) is 18.9. The average Bonchev–Trinajstić information content (AvgIpc) is 3.21. The number of carboxylic acid groups (broad SMARTS) is 1. The fourth-order valence-electron chi connectivity index (χ4n) is 3.93. The molecule has 33 heavy (non-hydrogen) atoms. The molecule has 9 nitrogen and oxygen atoms in total. The summed E-state index contributed by atoms with van der Waals surface area (Å²) in [7, 11) is 1.61.